The molecule has 0 N–H and O–H groups in total. The van der Waals surface area contributed by atoms with Crippen molar-refractivity contribution in [2.24, 2.45) is 0 Å². The standard InChI is InChI=1S/C32H46OPSi/c1-5-6-7-8-9-13-20-29(33-35(2,3)4)27-28-34(30-21-14-10-15-22-30,31-23-16-11-17-24-31)32-25-18-12-19-26-32/h10-12,14-19,21-26,29H,5-9,13,20,27-28H2,1-4H3/q+1/t29-/m1/s1. The fraction of sp³-hybridized carbons (Fsp3) is 0.438. The molecule has 0 aliphatic heterocycles. The zero-order valence-electron chi connectivity index (χ0n) is 22.5. The van der Waals surface area contributed by atoms with Crippen LogP contribution in [0.1, 0.15) is 58.3 Å². The number of hydrogen-bond acceptors (Lipinski definition) is 1. The van der Waals surface area contributed by atoms with Gasteiger partial charge in [0.15, 0.2) is 8.32 Å². The molecule has 1 nitrogen and oxygen atoms in total. The Kier molecular flexibility index (Phi) is 11.2. The third-order valence-corrected chi connectivity index (χ3v) is 12.3. The van der Waals surface area contributed by atoms with Gasteiger partial charge in [-0.2, -0.15) is 0 Å². The van der Waals surface area contributed by atoms with Crippen molar-refractivity contribution < 1.29 is 4.43 Å². The van der Waals surface area contributed by atoms with Gasteiger partial charge < -0.3 is 4.43 Å². The molecule has 188 valence electrons. The van der Waals surface area contributed by atoms with Gasteiger partial charge in [0.05, 0.1) is 6.16 Å². The molecule has 0 aromatic heterocycles. The summed E-state index contributed by atoms with van der Waals surface area (Å²) in [6, 6.07) is 33.8. The molecule has 0 fully saturated rings. The molecular weight excluding hydrogens is 459 g/mol. The zero-order valence-corrected chi connectivity index (χ0v) is 24.4. The molecule has 0 aliphatic carbocycles. The van der Waals surface area contributed by atoms with Gasteiger partial charge in [-0.1, -0.05) is 100 Å². The highest BCUT2D eigenvalue weighted by atomic mass is 31.2. The summed E-state index contributed by atoms with van der Waals surface area (Å²) in [5.74, 6) is 0. The van der Waals surface area contributed by atoms with Crippen molar-refractivity contribution in [3.05, 3.63) is 91.0 Å². The molecule has 0 heterocycles. The van der Waals surface area contributed by atoms with Crippen LogP contribution in [0.15, 0.2) is 91.0 Å². The van der Waals surface area contributed by atoms with E-state index in [0.717, 1.165) is 12.6 Å². The van der Waals surface area contributed by atoms with Gasteiger partial charge in [0.25, 0.3) is 0 Å². The molecule has 0 aliphatic rings. The average Bonchev–Trinajstić information content (AvgIpc) is 2.87. The molecule has 3 heteroatoms. The Bertz CT molecular complexity index is 856. The molecule has 0 radical (unpaired) electrons. The topological polar surface area (TPSA) is 9.23 Å². The van der Waals surface area contributed by atoms with Crippen LogP contribution in [0.5, 0.6) is 0 Å². The first kappa shape index (κ1) is 27.8. The minimum Gasteiger partial charge on any atom is -0.415 e. The molecule has 35 heavy (non-hydrogen) atoms. The van der Waals surface area contributed by atoms with Crippen molar-refractivity contribution in [3.63, 3.8) is 0 Å². The summed E-state index contributed by atoms with van der Waals surface area (Å²) in [6.07, 6.45) is 11.8. The second-order valence-electron chi connectivity index (χ2n) is 10.7. The van der Waals surface area contributed by atoms with Crippen molar-refractivity contribution in [1.82, 2.24) is 0 Å². The Balaban J connectivity index is 1.91. The van der Waals surface area contributed by atoms with Crippen LogP contribution in [0.4, 0.5) is 0 Å². The van der Waals surface area contributed by atoms with E-state index in [2.05, 4.69) is 118 Å². The molecule has 0 bridgehead atoms. The van der Waals surface area contributed by atoms with E-state index in [1.165, 1.54) is 60.9 Å². The summed E-state index contributed by atoms with van der Waals surface area (Å²) >= 11 is 0. The molecule has 0 unspecified atom stereocenters. The molecule has 0 amide bonds. The highest BCUT2D eigenvalue weighted by Crippen LogP contribution is 2.56. The SMILES string of the molecule is CCCCCCCC[C@H](CC[P+](c1ccccc1)(c1ccccc1)c1ccccc1)O[Si](C)(C)C. The Morgan fingerprint density at radius 3 is 1.46 bits per heavy atom. The van der Waals surface area contributed by atoms with E-state index >= 15 is 0 Å². The first-order valence-electron chi connectivity index (χ1n) is 13.7. The summed E-state index contributed by atoms with van der Waals surface area (Å²) in [5, 5.41) is 4.43. The van der Waals surface area contributed by atoms with Crippen molar-refractivity contribution in [2.75, 3.05) is 6.16 Å². The lowest BCUT2D eigenvalue weighted by atomic mass is 10.1. The van der Waals surface area contributed by atoms with Crippen LogP contribution in [0.3, 0.4) is 0 Å². The molecule has 3 aromatic carbocycles. The lowest BCUT2D eigenvalue weighted by Gasteiger charge is -2.31. The molecule has 3 rings (SSSR count). The predicted molar refractivity (Wildman–Crippen MR) is 161 cm³/mol. The van der Waals surface area contributed by atoms with E-state index in [0.29, 0.717) is 6.10 Å². The van der Waals surface area contributed by atoms with Crippen LogP contribution in [-0.2, 0) is 4.43 Å². The Labute approximate surface area is 216 Å². The second kappa shape index (κ2) is 14.1. The highest BCUT2D eigenvalue weighted by Gasteiger charge is 2.45. The van der Waals surface area contributed by atoms with Gasteiger partial charge in [-0.25, -0.2) is 0 Å². The van der Waals surface area contributed by atoms with Crippen molar-refractivity contribution >= 4 is 31.5 Å². The number of benzene rings is 3. The third kappa shape index (κ3) is 8.42. The third-order valence-electron chi connectivity index (χ3n) is 6.78. The Hall–Kier alpha value is -1.73. The largest absolute Gasteiger partial charge is 0.415 e. The number of rotatable bonds is 15. The van der Waals surface area contributed by atoms with Crippen molar-refractivity contribution in [3.8, 4) is 0 Å². The molecule has 0 saturated carbocycles. The van der Waals surface area contributed by atoms with Gasteiger partial charge in [-0.15, -0.1) is 0 Å². The van der Waals surface area contributed by atoms with Crippen molar-refractivity contribution in [2.45, 2.75) is 84.0 Å². The fourth-order valence-electron chi connectivity index (χ4n) is 5.13. The molecule has 0 spiro atoms. The maximum Gasteiger partial charge on any atom is 0.184 e. The monoisotopic (exact) mass is 505 g/mol. The minimum absolute atomic E-state index is 0.350. The van der Waals surface area contributed by atoms with E-state index < -0.39 is 15.6 Å². The lowest BCUT2D eigenvalue weighted by Crippen LogP contribution is -2.37. The van der Waals surface area contributed by atoms with E-state index in [1.807, 2.05) is 0 Å². The van der Waals surface area contributed by atoms with Gasteiger partial charge in [-0.3, -0.25) is 0 Å². The van der Waals surface area contributed by atoms with Crippen LogP contribution in [0.25, 0.3) is 0 Å². The normalized spacial score (nSPS) is 13.0. The number of unbranched alkanes of at least 4 members (excludes halogenated alkanes) is 5. The van der Waals surface area contributed by atoms with Gasteiger partial charge in [0.1, 0.15) is 23.2 Å². The Morgan fingerprint density at radius 2 is 1.03 bits per heavy atom. The average molecular weight is 506 g/mol. The van der Waals surface area contributed by atoms with E-state index in [1.54, 1.807) is 0 Å². The fourth-order valence-corrected chi connectivity index (χ4v) is 10.8. The summed E-state index contributed by atoms with van der Waals surface area (Å²) < 4.78 is 6.83. The predicted octanol–water partition coefficient (Wildman–Crippen LogP) is 8.34. The van der Waals surface area contributed by atoms with Gasteiger partial charge >= 0.3 is 0 Å². The molecule has 1 atom stereocenters. The van der Waals surface area contributed by atoms with Gasteiger partial charge in [0, 0.05) is 12.5 Å². The highest BCUT2D eigenvalue weighted by molar-refractivity contribution is 7.95. The summed E-state index contributed by atoms with van der Waals surface area (Å²) in [7, 11) is -3.41. The van der Waals surface area contributed by atoms with Gasteiger partial charge in [0.2, 0.25) is 0 Å². The first-order valence-corrected chi connectivity index (χ1v) is 19.1. The second-order valence-corrected chi connectivity index (χ2v) is 18.8. The molecule has 0 saturated heterocycles. The summed E-state index contributed by atoms with van der Waals surface area (Å²) in [5.41, 5.74) is 0. The maximum atomic E-state index is 6.83. The Morgan fingerprint density at radius 1 is 0.600 bits per heavy atom. The molecular formula is C32H46OPSi+. The van der Waals surface area contributed by atoms with Crippen LogP contribution < -0.4 is 15.9 Å². The van der Waals surface area contributed by atoms with Crippen LogP contribution in [0, 0.1) is 0 Å². The van der Waals surface area contributed by atoms with Crippen LogP contribution in [-0.4, -0.2) is 20.6 Å². The minimum atomic E-state index is -1.79. The van der Waals surface area contributed by atoms with E-state index in [-0.39, 0.29) is 0 Å². The van der Waals surface area contributed by atoms with E-state index in [4.69, 9.17) is 4.43 Å². The summed E-state index contributed by atoms with van der Waals surface area (Å²) in [4.78, 5) is 0. The van der Waals surface area contributed by atoms with Gasteiger partial charge in [-0.05, 0) is 62.5 Å². The lowest BCUT2D eigenvalue weighted by molar-refractivity contribution is 0.176. The van der Waals surface area contributed by atoms with Crippen molar-refractivity contribution in [1.29, 1.82) is 0 Å². The smallest absolute Gasteiger partial charge is 0.184 e. The number of hydrogen-bond donors (Lipinski definition) is 0. The summed E-state index contributed by atoms with van der Waals surface area (Å²) in [6.45, 7) is 9.32. The van der Waals surface area contributed by atoms with E-state index in [9.17, 15) is 0 Å². The van der Waals surface area contributed by atoms with Crippen LogP contribution >= 0.6 is 7.26 Å². The zero-order chi connectivity index (χ0) is 25.0. The molecule has 3 aromatic rings. The van der Waals surface area contributed by atoms with Crippen LogP contribution in [0.2, 0.25) is 19.6 Å². The quantitative estimate of drug-likeness (QED) is 0.115. The first-order chi connectivity index (χ1) is 17.0. The maximum absolute atomic E-state index is 6.83.